The lowest BCUT2D eigenvalue weighted by Crippen LogP contribution is -2.26. The minimum absolute atomic E-state index is 0.0811. The lowest BCUT2D eigenvalue weighted by Gasteiger charge is -2.26. The second-order valence-corrected chi connectivity index (χ2v) is 7.33. The highest BCUT2D eigenvalue weighted by Gasteiger charge is 2.62. The molecular formula is C13H12Cl4O2. The first-order chi connectivity index (χ1) is 8.96. The van der Waals surface area contributed by atoms with E-state index in [1.807, 2.05) is 0 Å². The average Bonchev–Trinajstić information content (AvgIpc) is 3.10. The van der Waals surface area contributed by atoms with Gasteiger partial charge in [0.15, 0.2) is 0 Å². The van der Waals surface area contributed by atoms with Gasteiger partial charge < -0.3 is 9.47 Å². The average molecular weight is 342 g/mol. The van der Waals surface area contributed by atoms with Gasteiger partial charge in [-0.1, -0.05) is 35.0 Å². The fourth-order valence-electron chi connectivity index (χ4n) is 2.60. The summed E-state index contributed by atoms with van der Waals surface area (Å²) in [6, 6.07) is 0. The molecule has 1 aliphatic heterocycles. The number of epoxide rings is 1. The Balaban J connectivity index is 1.62. The SMILES string of the molecule is ClC1=C(Cl)C2(Cl)CC1(Cl)CC2C#CCOCC1CO1. The van der Waals surface area contributed by atoms with Crippen molar-refractivity contribution in [1.82, 2.24) is 0 Å². The van der Waals surface area contributed by atoms with Gasteiger partial charge in [0.2, 0.25) is 0 Å². The molecule has 1 saturated heterocycles. The van der Waals surface area contributed by atoms with Crippen LogP contribution in [0.2, 0.25) is 0 Å². The quantitative estimate of drug-likeness (QED) is 0.339. The summed E-state index contributed by atoms with van der Waals surface area (Å²) in [5.41, 5.74) is 0. The molecule has 0 N–H and O–H groups in total. The smallest absolute Gasteiger partial charge is 0.107 e. The molecule has 0 radical (unpaired) electrons. The second kappa shape index (κ2) is 4.98. The molecule has 0 spiro atoms. The van der Waals surface area contributed by atoms with Gasteiger partial charge in [-0.15, -0.1) is 23.2 Å². The van der Waals surface area contributed by atoms with Crippen molar-refractivity contribution >= 4 is 46.4 Å². The summed E-state index contributed by atoms with van der Waals surface area (Å²) < 4.78 is 10.4. The van der Waals surface area contributed by atoms with Crippen LogP contribution in [0.25, 0.3) is 0 Å². The zero-order valence-corrected chi connectivity index (χ0v) is 13.0. The van der Waals surface area contributed by atoms with Crippen molar-refractivity contribution in [2.45, 2.75) is 28.7 Å². The Bertz CT molecular complexity index is 491. The lowest BCUT2D eigenvalue weighted by atomic mass is 9.93. The van der Waals surface area contributed by atoms with Crippen LogP contribution in [0.3, 0.4) is 0 Å². The van der Waals surface area contributed by atoms with Crippen molar-refractivity contribution in [2.75, 3.05) is 19.8 Å². The lowest BCUT2D eigenvalue weighted by molar-refractivity contribution is 0.145. The number of allylic oxidation sites excluding steroid dienone is 2. The van der Waals surface area contributed by atoms with E-state index in [4.69, 9.17) is 55.9 Å². The first-order valence-electron chi connectivity index (χ1n) is 6.07. The summed E-state index contributed by atoms with van der Waals surface area (Å²) in [6.07, 6.45) is 1.42. The Labute approximate surface area is 132 Å². The van der Waals surface area contributed by atoms with Crippen LogP contribution in [0.1, 0.15) is 12.8 Å². The van der Waals surface area contributed by atoms with E-state index in [2.05, 4.69) is 11.8 Å². The summed E-state index contributed by atoms with van der Waals surface area (Å²) in [5, 5.41) is 0.926. The number of hydrogen-bond acceptors (Lipinski definition) is 2. The highest BCUT2D eigenvalue weighted by Crippen LogP contribution is 2.65. The Kier molecular flexibility index (Phi) is 3.76. The van der Waals surface area contributed by atoms with E-state index in [9.17, 15) is 0 Å². The molecule has 1 heterocycles. The predicted octanol–water partition coefficient (Wildman–Crippen LogP) is 3.47. The molecule has 3 aliphatic rings. The second-order valence-electron chi connectivity index (χ2n) is 5.18. The fourth-order valence-corrected chi connectivity index (χ4v) is 4.37. The molecule has 1 saturated carbocycles. The van der Waals surface area contributed by atoms with Crippen molar-refractivity contribution in [3.05, 3.63) is 10.1 Å². The third-order valence-corrected chi connectivity index (χ3v) is 6.16. The maximum atomic E-state index is 6.55. The van der Waals surface area contributed by atoms with Crippen LogP contribution in [0.5, 0.6) is 0 Å². The Hall–Kier alpha value is 0.380. The van der Waals surface area contributed by atoms with E-state index in [1.165, 1.54) is 0 Å². The van der Waals surface area contributed by atoms with Crippen molar-refractivity contribution in [2.24, 2.45) is 5.92 Å². The maximum absolute atomic E-state index is 6.55. The summed E-state index contributed by atoms with van der Waals surface area (Å²) in [7, 11) is 0. The molecule has 0 amide bonds. The zero-order chi connectivity index (χ0) is 13.7. The zero-order valence-electron chi connectivity index (χ0n) is 10.0. The molecule has 104 valence electrons. The molecule has 6 heteroatoms. The summed E-state index contributed by atoms with van der Waals surface area (Å²) in [4.78, 5) is -1.37. The van der Waals surface area contributed by atoms with Gasteiger partial charge in [-0.25, -0.2) is 0 Å². The molecule has 2 fully saturated rings. The molecular weight excluding hydrogens is 330 g/mol. The first kappa shape index (κ1) is 14.3. The maximum Gasteiger partial charge on any atom is 0.107 e. The predicted molar refractivity (Wildman–Crippen MR) is 77.0 cm³/mol. The number of hydrogen-bond donors (Lipinski definition) is 0. The first-order valence-corrected chi connectivity index (χ1v) is 7.59. The third-order valence-electron chi connectivity index (χ3n) is 3.73. The fraction of sp³-hybridized carbons (Fsp3) is 0.692. The van der Waals surface area contributed by atoms with Crippen molar-refractivity contribution < 1.29 is 9.47 Å². The molecule has 4 atom stereocenters. The van der Waals surface area contributed by atoms with E-state index in [0.717, 1.165) is 6.61 Å². The van der Waals surface area contributed by atoms with E-state index in [1.54, 1.807) is 0 Å². The highest BCUT2D eigenvalue weighted by atomic mass is 35.5. The molecule has 0 aromatic heterocycles. The van der Waals surface area contributed by atoms with Crippen molar-refractivity contribution in [3.63, 3.8) is 0 Å². The molecule has 19 heavy (non-hydrogen) atoms. The molecule has 2 aliphatic carbocycles. The summed E-state index contributed by atoms with van der Waals surface area (Å²) >= 11 is 25.3. The van der Waals surface area contributed by atoms with E-state index < -0.39 is 9.75 Å². The van der Waals surface area contributed by atoms with Crippen LogP contribution in [-0.4, -0.2) is 35.7 Å². The van der Waals surface area contributed by atoms with Gasteiger partial charge in [-0.05, 0) is 12.8 Å². The number of alkyl halides is 2. The molecule has 0 aromatic rings. The van der Waals surface area contributed by atoms with E-state index >= 15 is 0 Å². The van der Waals surface area contributed by atoms with Crippen LogP contribution in [0.4, 0.5) is 0 Å². The van der Waals surface area contributed by atoms with Crippen molar-refractivity contribution in [3.8, 4) is 11.8 Å². The van der Waals surface area contributed by atoms with Gasteiger partial charge in [0.25, 0.3) is 0 Å². The minimum Gasteiger partial charge on any atom is -0.371 e. The van der Waals surface area contributed by atoms with E-state index in [-0.39, 0.29) is 12.0 Å². The van der Waals surface area contributed by atoms with Crippen molar-refractivity contribution in [1.29, 1.82) is 0 Å². The van der Waals surface area contributed by atoms with Crippen LogP contribution < -0.4 is 0 Å². The van der Waals surface area contributed by atoms with Crippen LogP contribution in [0.15, 0.2) is 10.1 Å². The van der Waals surface area contributed by atoms with E-state index in [0.29, 0.717) is 36.1 Å². The number of halogens is 4. The molecule has 0 aromatic carbocycles. The molecule has 2 bridgehead atoms. The van der Waals surface area contributed by atoms with Gasteiger partial charge >= 0.3 is 0 Å². The number of ether oxygens (including phenoxy) is 2. The van der Waals surface area contributed by atoms with Crippen LogP contribution in [0, 0.1) is 17.8 Å². The normalized spacial score (nSPS) is 43.4. The van der Waals surface area contributed by atoms with Gasteiger partial charge in [0, 0.05) is 5.92 Å². The molecule has 4 unspecified atom stereocenters. The topological polar surface area (TPSA) is 21.8 Å². The van der Waals surface area contributed by atoms with Gasteiger partial charge in [-0.2, -0.15) is 0 Å². The minimum atomic E-state index is -0.729. The standard InChI is InChI=1S/C13H12Cl4O2/c14-10-11(15)13(17)7-12(10,16)4-8(13)2-1-3-18-5-9-6-19-9/h8-9H,3-7H2. The molecule has 3 rings (SSSR count). The highest BCUT2D eigenvalue weighted by molar-refractivity contribution is 6.51. The van der Waals surface area contributed by atoms with Gasteiger partial charge in [-0.3, -0.25) is 0 Å². The summed E-state index contributed by atoms with van der Waals surface area (Å²) in [6.45, 7) is 1.75. The van der Waals surface area contributed by atoms with Crippen LogP contribution in [-0.2, 0) is 9.47 Å². The Morgan fingerprint density at radius 2 is 2.05 bits per heavy atom. The summed E-state index contributed by atoms with van der Waals surface area (Å²) in [5.74, 6) is 6.01. The number of rotatable bonds is 3. The molecule has 2 nitrogen and oxygen atoms in total. The van der Waals surface area contributed by atoms with Gasteiger partial charge in [0.1, 0.15) is 12.7 Å². The monoisotopic (exact) mass is 340 g/mol. The largest absolute Gasteiger partial charge is 0.371 e. The van der Waals surface area contributed by atoms with Crippen LogP contribution >= 0.6 is 46.4 Å². The van der Waals surface area contributed by atoms with Gasteiger partial charge in [0.05, 0.1) is 33.0 Å². The third kappa shape index (κ3) is 2.50. The number of fused-ring (bicyclic) bond motifs is 2. The Morgan fingerprint density at radius 1 is 1.32 bits per heavy atom. The Morgan fingerprint density at radius 3 is 2.63 bits per heavy atom.